The van der Waals surface area contributed by atoms with Crippen LogP contribution >= 0.6 is 0 Å². The molecule has 0 radical (unpaired) electrons. The number of anilines is 1. The Morgan fingerprint density at radius 3 is 2.88 bits per heavy atom. The average molecular weight is 345 g/mol. The van der Waals surface area contributed by atoms with Gasteiger partial charge in [0.25, 0.3) is 15.9 Å². The largest absolute Gasteiger partial charge is 0.331 e. The lowest BCUT2D eigenvalue weighted by Gasteiger charge is -2.28. The summed E-state index contributed by atoms with van der Waals surface area (Å²) >= 11 is 0. The number of benzene rings is 1. The van der Waals surface area contributed by atoms with E-state index in [9.17, 15) is 13.2 Å². The van der Waals surface area contributed by atoms with Gasteiger partial charge >= 0.3 is 0 Å². The molecule has 0 saturated heterocycles. The molecule has 24 heavy (non-hydrogen) atoms. The van der Waals surface area contributed by atoms with Gasteiger partial charge in [0.1, 0.15) is 0 Å². The van der Waals surface area contributed by atoms with Crippen molar-refractivity contribution in [1.82, 2.24) is 4.90 Å². The van der Waals surface area contributed by atoms with Crippen molar-refractivity contribution in [1.29, 1.82) is 0 Å². The van der Waals surface area contributed by atoms with Crippen molar-refractivity contribution in [3.8, 4) is 0 Å². The van der Waals surface area contributed by atoms with E-state index in [1.807, 2.05) is 18.2 Å². The van der Waals surface area contributed by atoms with Gasteiger partial charge in [0, 0.05) is 18.4 Å². The molecule has 1 N–H and O–H groups in total. The van der Waals surface area contributed by atoms with Gasteiger partial charge in [-0.2, -0.15) is 0 Å². The third-order valence-corrected chi connectivity index (χ3v) is 5.06. The highest BCUT2D eigenvalue weighted by atomic mass is 32.2. The summed E-state index contributed by atoms with van der Waals surface area (Å²) in [6.07, 6.45) is 5.03. The zero-order valence-corrected chi connectivity index (χ0v) is 14.4. The molecule has 3 rings (SSSR count). The van der Waals surface area contributed by atoms with Gasteiger partial charge in [-0.05, 0) is 35.8 Å². The van der Waals surface area contributed by atoms with Gasteiger partial charge in [-0.1, -0.05) is 26.0 Å². The molecule has 1 amide bonds. The topological polar surface area (TPSA) is 78.8 Å². The Kier molecular flexibility index (Phi) is 4.28. The maximum Gasteiger partial charge on any atom is 0.259 e. The second-order valence-corrected chi connectivity index (χ2v) is 7.81. The number of amides is 1. The zero-order valence-electron chi connectivity index (χ0n) is 13.6. The van der Waals surface area contributed by atoms with Crippen molar-refractivity contribution in [3.05, 3.63) is 53.8 Å². The quantitative estimate of drug-likeness (QED) is 0.911. The van der Waals surface area contributed by atoms with Crippen molar-refractivity contribution in [2.75, 3.05) is 17.6 Å². The number of carbonyl (C=O) groups excluding carboxylic acids is 1. The monoisotopic (exact) mass is 345 g/mol. The first-order chi connectivity index (χ1) is 11.4. The van der Waals surface area contributed by atoms with E-state index in [4.69, 9.17) is 0 Å². The molecule has 6 nitrogen and oxygen atoms in total. The van der Waals surface area contributed by atoms with Crippen molar-refractivity contribution < 1.29 is 13.2 Å². The van der Waals surface area contributed by atoms with E-state index in [0.29, 0.717) is 18.2 Å². The van der Waals surface area contributed by atoms with Crippen LogP contribution in [-0.2, 0) is 14.8 Å². The molecule has 2 heterocycles. The third kappa shape index (κ3) is 3.41. The van der Waals surface area contributed by atoms with Crippen LogP contribution in [0, 0.1) is 0 Å². The summed E-state index contributed by atoms with van der Waals surface area (Å²) in [5, 5.41) is 2.82. The summed E-state index contributed by atoms with van der Waals surface area (Å²) in [6, 6.07) is 7.61. The highest BCUT2D eigenvalue weighted by Gasteiger charge is 2.29. The minimum atomic E-state index is -3.52. The van der Waals surface area contributed by atoms with Crippen LogP contribution in [0.25, 0.3) is 0 Å². The van der Waals surface area contributed by atoms with Gasteiger partial charge in [-0.3, -0.25) is 4.79 Å². The molecule has 126 valence electrons. The SMILES string of the molecule is CC(C)c1cccc(NC(=O)C2=CC=CN3CCS(=O)(=O)N=C23)c1. The Morgan fingerprint density at radius 1 is 1.33 bits per heavy atom. The third-order valence-electron chi connectivity index (χ3n) is 3.91. The van der Waals surface area contributed by atoms with Gasteiger partial charge in [-0.25, -0.2) is 8.42 Å². The lowest BCUT2D eigenvalue weighted by atomic mass is 10.0. The number of hydrogen-bond acceptors (Lipinski definition) is 4. The Morgan fingerprint density at radius 2 is 2.12 bits per heavy atom. The first kappa shape index (κ1) is 16.4. The number of carbonyl (C=O) groups is 1. The summed E-state index contributed by atoms with van der Waals surface area (Å²) in [5.41, 5.74) is 2.03. The molecule has 0 aliphatic carbocycles. The fourth-order valence-corrected chi connectivity index (χ4v) is 3.55. The van der Waals surface area contributed by atoms with Gasteiger partial charge in [-0.15, -0.1) is 4.40 Å². The first-order valence-corrected chi connectivity index (χ1v) is 9.36. The lowest BCUT2D eigenvalue weighted by molar-refractivity contribution is -0.112. The number of nitrogens with one attached hydrogen (secondary N) is 1. The van der Waals surface area contributed by atoms with Crippen LogP contribution in [0.1, 0.15) is 25.3 Å². The molecule has 1 aromatic rings. The van der Waals surface area contributed by atoms with Gasteiger partial charge in [0.2, 0.25) is 0 Å². The first-order valence-electron chi connectivity index (χ1n) is 7.75. The standard InChI is InChI=1S/C17H19N3O3S/c1-12(2)13-5-3-6-14(11-13)18-17(21)15-7-4-8-20-9-10-24(22,23)19-16(15)20/h3-8,11-12H,9-10H2,1-2H3,(H,18,21). The molecule has 0 saturated carbocycles. The molecular weight excluding hydrogens is 326 g/mol. The van der Waals surface area contributed by atoms with Crippen LogP contribution in [0.3, 0.4) is 0 Å². The Balaban J connectivity index is 1.87. The molecule has 0 spiro atoms. The Labute approximate surface area is 141 Å². The second-order valence-electron chi connectivity index (χ2n) is 6.05. The number of sulfonamides is 1. The molecule has 1 aromatic carbocycles. The van der Waals surface area contributed by atoms with E-state index in [-0.39, 0.29) is 23.1 Å². The molecule has 2 aliphatic rings. The van der Waals surface area contributed by atoms with Crippen LogP contribution in [0.15, 0.2) is 52.6 Å². The molecule has 0 fully saturated rings. The fraction of sp³-hybridized carbons (Fsp3) is 0.294. The molecular formula is C17H19N3O3S. The summed E-state index contributed by atoms with van der Waals surface area (Å²) in [5.74, 6) is 0.107. The number of amidine groups is 1. The predicted octanol–water partition coefficient (Wildman–Crippen LogP) is 2.25. The fourth-order valence-electron chi connectivity index (χ4n) is 2.57. The van der Waals surface area contributed by atoms with Crippen LogP contribution in [0.5, 0.6) is 0 Å². The summed E-state index contributed by atoms with van der Waals surface area (Å²) < 4.78 is 27.3. The number of hydrogen-bond donors (Lipinski definition) is 1. The minimum Gasteiger partial charge on any atom is -0.331 e. The summed E-state index contributed by atoms with van der Waals surface area (Å²) in [6.45, 7) is 4.45. The maximum absolute atomic E-state index is 12.6. The molecule has 0 bridgehead atoms. The normalized spacial score (nSPS) is 18.7. The molecule has 2 aliphatic heterocycles. The lowest BCUT2D eigenvalue weighted by Crippen LogP contribution is -2.40. The smallest absolute Gasteiger partial charge is 0.259 e. The van der Waals surface area contributed by atoms with Crippen molar-refractivity contribution >= 4 is 27.5 Å². The summed E-state index contributed by atoms with van der Waals surface area (Å²) in [7, 11) is -3.52. The highest BCUT2D eigenvalue weighted by molar-refractivity contribution is 7.90. The zero-order chi connectivity index (χ0) is 17.3. The Hall–Kier alpha value is -2.41. The predicted molar refractivity (Wildman–Crippen MR) is 94.3 cm³/mol. The number of fused-ring (bicyclic) bond motifs is 1. The Bertz CT molecular complexity index is 867. The molecule has 0 atom stereocenters. The van der Waals surface area contributed by atoms with Crippen LogP contribution in [-0.4, -0.2) is 37.4 Å². The molecule has 7 heteroatoms. The van der Waals surface area contributed by atoms with Crippen LogP contribution in [0.2, 0.25) is 0 Å². The van der Waals surface area contributed by atoms with Gasteiger partial charge in [0.15, 0.2) is 5.84 Å². The minimum absolute atomic E-state index is 0.0494. The van der Waals surface area contributed by atoms with Crippen LogP contribution in [0.4, 0.5) is 5.69 Å². The second kappa shape index (κ2) is 6.24. The number of nitrogens with zero attached hydrogens (tertiary/aromatic N) is 2. The van der Waals surface area contributed by atoms with Crippen molar-refractivity contribution in [2.45, 2.75) is 19.8 Å². The van der Waals surface area contributed by atoms with E-state index < -0.39 is 10.0 Å². The van der Waals surface area contributed by atoms with E-state index in [1.54, 1.807) is 29.3 Å². The number of allylic oxidation sites excluding steroid dienone is 2. The van der Waals surface area contributed by atoms with Crippen LogP contribution < -0.4 is 5.32 Å². The van der Waals surface area contributed by atoms with Gasteiger partial charge < -0.3 is 10.2 Å². The average Bonchev–Trinajstić information content (AvgIpc) is 2.53. The van der Waals surface area contributed by atoms with E-state index in [0.717, 1.165) is 5.56 Å². The van der Waals surface area contributed by atoms with Gasteiger partial charge in [0.05, 0.1) is 11.3 Å². The van der Waals surface area contributed by atoms with E-state index in [2.05, 4.69) is 23.6 Å². The van der Waals surface area contributed by atoms with Crippen molar-refractivity contribution in [3.63, 3.8) is 0 Å². The van der Waals surface area contributed by atoms with Crippen molar-refractivity contribution in [2.24, 2.45) is 4.40 Å². The van der Waals surface area contributed by atoms with E-state index >= 15 is 0 Å². The maximum atomic E-state index is 12.6. The highest BCUT2D eigenvalue weighted by Crippen LogP contribution is 2.21. The number of rotatable bonds is 3. The molecule has 0 unspecified atom stereocenters. The molecule has 0 aromatic heterocycles. The summed E-state index contributed by atoms with van der Waals surface area (Å²) in [4.78, 5) is 14.3. The van der Waals surface area contributed by atoms with E-state index in [1.165, 1.54) is 0 Å².